The first-order chi connectivity index (χ1) is 19.2. The SMILES string of the molecule is O=C(Nc1cncc(-c2cnc3n[nH]c(-c4nc5c(N6CCCCC6)cccc5[nH]4)c3c2)c1)C1CCCCC1. The number of benzene rings is 1. The maximum atomic E-state index is 12.8. The van der Waals surface area contributed by atoms with Crippen LogP contribution in [0, 0.1) is 5.92 Å². The molecule has 1 amide bonds. The van der Waals surface area contributed by atoms with E-state index in [0.717, 1.165) is 77.8 Å². The van der Waals surface area contributed by atoms with Crippen LogP contribution in [0.15, 0.2) is 48.9 Å². The molecule has 1 aromatic carbocycles. The summed E-state index contributed by atoms with van der Waals surface area (Å²) in [6.07, 6.45) is 14.4. The summed E-state index contributed by atoms with van der Waals surface area (Å²) in [5, 5.41) is 11.5. The van der Waals surface area contributed by atoms with Crippen molar-refractivity contribution in [3.63, 3.8) is 0 Å². The van der Waals surface area contributed by atoms with Crippen LogP contribution in [0.1, 0.15) is 51.4 Å². The number of nitrogens with one attached hydrogen (secondary N) is 3. The van der Waals surface area contributed by atoms with Crippen LogP contribution < -0.4 is 10.2 Å². The molecule has 5 aromatic rings. The average molecular weight is 521 g/mol. The van der Waals surface area contributed by atoms with Gasteiger partial charge in [0.05, 0.1) is 28.5 Å². The van der Waals surface area contributed by atoms with E-state index in [2.05, 4.69) is 59.6 Å². The van der Waals surface area contributed by atoms with Crippen molar-refractivity contribution in [1.29, 1.82) is 0 Å². The number of anilines is 2. The van der Waals surface area contributed by atoms with Gasteiger partial charge in [-0.1, -0.05) is 25.3 Å². The molecule has 2 aliphatic rings. The van der Waals surface area contributed by atoms with Crippen LogP contribution in [0.5, 0.6) is 0 Å². The van der Waals surface area contributed by atoms with Crippen molar-refractivity contribution in [2.24, 2.45) is 5.92 Å². The molecule has 198 valence electrons. The van der Waals surface area contributed by atoms with Gasteiger partial charge < -0.3 is 15.2 Å². The van der Waals surface area contributed by atoms with Crippen LogP contribution >= 0.6 is 0 Å². The van der Waals surface area contributed by atoms with Crippen LogP contribution in [0.3, 0.4) is 0 Å². The van der Waals surface area contributed by atoms with Crippen molar-refractivity contribution in [2.75, 3.05) is 23.3 Å². The third-order valence-electron chi connectivity index (χ3n) is 8.15. The second-order valence-corrected chi connectivity index (χ2v) is 10.8. The van der Waals surface area contributed by atoms with Crippen LogP contribution in [0.4, 0.5) is 11.4 Å². The summed E-state index contributed by atoms with van der Waals surface area (Å²) in [6, 6.07) is 10.3. The number of aromatic nitrogens is 6. The van der Waals surface area contributed by atoms with Gasteiger partial charge in [0.2, 0.25) is 5.91 Å². The number of nitrogens with zero attached hydrogens (tertiary/aromatic N) is 5. The molecule has 4 aromatic heterocycles. The van der Waals surface area contributed by atoms with Gasteiger partial charge in [-0.2, -0.15) is 5.10 Å². The zero-order valence-electron chi connectivity index (χ0n) is 21.9. The molecule has 3 N–H and O–H groups in total. The highest BCUT2D eigenvalue weighted by atomic mass is 16.1. The molecule has 0 bridgehead atoms. The van der Waals surface area contributed by atoms with E-state index in [1.807, 2.05) is 6.07 Å². The number of hydrogen-bond donors (Lipinski definition) is 3. The van der Waals surface area contributed by atoms with Crippen molar-refractivity contribution in [3.8, 4) is 22.6 Å². The predicted molar refractivity (Wildman–Crippen MR) is 153 cm³/mol. The Bertz CT molecular complexity index is 1640. The van der Waals surface area contributed by atoms with Crippen molar-refractivity contribution in [1.82, 2.24) is 30.1 Å². The molecule has 39 heavy (non-hydrogen) atoms. The van der Waals surface area contributed by atoms with Crippen LogP contribution in [0.25, 0.3) is 44.7 Å². The molecular formula is C30H32N8O. The molecule has 0 unspecified atom stereocenters. The fraction of sp³-hybridized carbons (Fsp3) is 0.367. The first-order valence-corrected chi connectivity index (χ1v) is 14.1. The van der Waals surface area contributed by atoms with Crippen molar-refractivity contribution in [3.05, 3.63) is 48.9 Å². The van der Waals surface area contributed by atoms with Gasteiger partial charge in [0.1, 0.15) is 11.2 Å². The quantitative estimate of drug-likeness (QED) is 0.259. The highest BCUT2D eigenvalue weighted by Gasteiger charge is 2.22. The van der Waals surface area contributed by atoms with Crippen LogP contribution in [0.2, 0.25) is 0 Å². The Labute approximate surface area is 226 Å². The number of imidazole rings is 1. The Hall–Kier alpha value is -4.27. The number of para-hydroxylation sites is 1. The number of fused-ring (bicyclic) bond motifs is 2. The molecule has 2 fully saturated rings. The lowest BCUT2D eigenvalue weighted by molar-refractivity contribution is -0.120. The highest BCUT2D eigenvalue weighted by Crippen LogP contribution is 2.33. The number of carbonyl (C=O) groups excluding carboxylic acids is 1. The van der Waals surface area contributed by atoms with E-state index >= 15 is 0 Å². The van der Waals surface area contributed by atoms with E-state index in [0.29, 0.717) is 11.3 Å². The zero-order chi connectivity index (χ0) is 26.2. The Balaban J connectivity index is 1.20. The summed E-state index contributed by atoms with van der Waals surface area (Å²) in [6.45, 7) is 2.13. The Morgan fingerprint density at radius 1 is 0.949 bits per heavy atom. The van der Waals surface area contributed by atoms with E-state index in [-0.39, 0.29) is 11.8 Å². The molecule has 5 heterocycles. The summed E-state index contributed by atoms with van der Waals surface area (Å²) >= 11 is 0. The lowest BCUT2D eigenvalue weighted by Gasteiger charge is -2.28. The molecule has 7 rings (SSSR count). The normalized spacial score (nSPS) is 16.7. The molecule has 1 aliphatic heterocycles. The summed E-state index contributed by atoms with van der Waals surface area (Å²) in [4.78, 5) is 32.7. The Kier molecular flexibility index (Phi) is 6.19. The van der Waals surface area contributed by atoms with Crippen molar-refractivity contribution < 1.29 is 4.79 Å². The fourth-order valence-corrected chi connectivity index (χ4v) is 6.04. The maximum Gasteiger partial charge on any atom is 0.227 e. The molecule has 1 aliphatic carbocycles. The fourth-order valence-electron chi connectivity index (χ4n) is 6.04. The van der Waals surface area contributed by atoms with Gasteiger partial charge in [0.25, 0.3) is 0 Å². The molecule has 0 spiro atoms. The van der Waals surface area contributed by atoms with E-state index in [1.165, 1.54) is 31.4 Å². The number of carbonyl (C=O) groups is 1. The first kappa shape index (κ1) is 23.8. The largest absolute Gasteiger partial charge is 0.370 e. The lowest BCUT2D eigenvalue weighted by atomic mass is 9.88. The Morgan fingerprint density at radius 2 is 1.77 bits per heavy atom. The van der Waals surface area contributed by atoms with Crippen molar-refractivity contribution in [2.45, 2.75) is 51.4 Å². The van der Waals surface area contributed by atoms with Gasteiger partial charge >= 0.3 is 0 Å². The van der Waals surface area contributed by atoms with Gasteiger partial charge in [-0.05, 0) is 56.4 Å². The number of rotatable bonds is 5. The Morgan fingerprint density at radius 3 is 2.64 bits per heavy atom. The number of piperidine rings is 1. The van der Waals surface area contributed by atoms with E-state index < -0.39 is 0 Å². The van der Waals surface area contributed by atoms with Gasteiger partial charge in [0.15, 0.2) is 11.5 Å². The standard InChI is InChI=1S/C30H32N8O/c39-30(19-8-3-1-4-9-19)33-22-14-20(16-31-18-22)21-15-23-26(36-37-28(23)32-17-21)29-34-24-10-7-11-25(27(24)35-29)38-12-5-2-6-13-38/h7,10-11,14-19H,1-6,8-9,12-13H2,(H,33,39)(H,34,35)(H,32,36,37). The van der Waals surface area contributed by atoms with Crippen molar-refractivity contribution >= 4 is 39.3 Å². The van der Waals surface area contributed by atoms with Crippen LogP contribution in [-0.4, -0.2) is 49.1 Å². The minimum atomic E-state index is 0.0909. The van der Waals surface area contributed by atoms with Gasteiger partial charge in [-0.15, -0.1) is 0 Å². The minimum Gasteiger partial charge on any atom is -0.370 e. The molecular weight excluding hydrogens is 488 g/mol. The topological polar surface area (TPSA) is 115 Å². The summed E-state index contributed by atoms with van der Waals surface area (Å²) in [5.41, 5.74) is 7.08. The van der Waals surface area contributed by atoms with Gasteiger partial charge in [-0.25, -0.2) is 9.97 Å². The molecule has 1 saturated carbocycles. The second kappa shape index (κ2) is 10.1. The summed E-state index contributed by atoms with van der Waals surface area (Å²) in [7, 11) is 0. The molecule has 1 saturated heterocycles. The number of hydrogen-bond acceptors (Lipinski definition) is 6. The number of H-pyrrole nitrogens is 2. The van der Waals surface area contributed by atoms with E-state index in [4.69, 9.17) is 4.98 Å². The molecule has 0 atom stereocenters. The first-order valence-electron chi connectivity index (χ1n) is 14.1. The van der Waals surface area contributed by atoms with Gasteiger partial charge in [-0.3, -0.25) is 14.9 Å². The molecule has 9 heteroatoms. The summed E-state index contributed by atoms with van der Waals surface area (Å²) in [5.74, 6) is 0.920. The molecule has 0 radical (unpaired) electrons. The number of aromatic amines is 2. The summed E-state index contributed by atoms with van der Waals surface area (Å²) < 4.78 is 0. The van der Waals surface area contributed by atoms with E-state index in [9.17, 15) is 4.79 Å². The van der Waals surface area contributed by atoms with Gasteiger partial charge in [0, 0.05) is 42.5 Å². The molecule has 9 nitrogen and oxygen atoms in total. The third-order valence-corrected chi connectivity index (χ3v) is 8.15. The maximum absolute atomic E-state index is 12.8. The lowest BCUT2D eigenvalue weighted by Crippen LogP contribution is -2.29. The smallest absolute Gasteiger partial charge is 0.227 e. The minimum absolute atomic E-state index is 0.0909. The number of amides is 1. The monoisotopic (exact) mass is 520 g/mol. The van der Waals surface area contributed by atoms with E-state index in [1.54, 1.807) is 18.6 Å². The van der Waals surface area contributed by atoms with Crippen LogP contribution in [-0.2, 0) is 4.79 Å². The predicted octanol–water partition coefficient (Wildman–Crippen LogP) is 6.07. The number of pyridine rings is 2. The average Bonchev–Trinajstić information content (AvgIpc) is 3.62. The zero-order valence-corrected chi connectivity index (χ0v) is 21.9. The highest BCUT2D eigenvalue weighted by molar-refractivity contribution is 5.97. The second-order valence-electron chi connectivity index (χ2n) is 10.8. The third kappa shape index (κ3) is 4.62.